The molecule has 0 spiro atoms. The molecule has 1 fully saturated rings. The zero-order valence-corrected chi connectivity index (χ0v) is 44.9. The molecule has 0 radical (unpaired) electrons. The average molecular weight is 1000 g/mol. The third-order valence-electron chi connectivity index (χ3n) is 13.0. The summed E-state index contributed by atoms with van der Waals surface area (Å²) in [6.07, 6.45) is 54.3. The van der Waals surface area contributed by atoms with Gasteiger partial charge in [0, 0.05) is 12.8 Å². The minimum absolute atomic E-state index is 0.0422. The largest absolute Gasteiger partial charge is 0.466 e. The number of allylic oxidation sites excluding steroid dienone is 11. The summed E-state index contributed by atoms with van der Waals surface area (Å²) in [6.45, 7) is 4.17. The van der Waals surface area contributed by atoms with E-state index in [1.165, 1.54) is 103 Å². The molecular formula is C60H105NO10. The fourth-order valence-corrected chi connectivity index (χ4v) is 8.39. The van der Waals surface area contributed by atoms with E-state index in [1.807, 2.05) is 6.08 Å². The number of hydrogen-bond acceptors (Lipinski definition) is 10. The van der Waals surface area contributed by atoms with Crippen molar-refractivity contribution in [2.24, 2.45) is 0 Å². The Kier molecular flexibility index (Phi) is 45.9. The number of ether oxygens (including phenoxy) is 3. The maximum atomic E-state index is 13.0. The quantitative estimate of drug-likeness (QED) is 0.0196. The highest BCUT2D eigenvalue weighted by atomic mass is 16.7. The van der Waals surface area contributed by atoms with Gasteiger partial charge in [-0.2, -0.15) is 0 Å². The Morgan fingerprint density at radius 1 is 0.521 bits per heavy atom. The fraction of sp³-hybridized carbons (Fsp3) is 0.767. The van der Waals surface area contributed by atoms with Crippen LogP contribution in [0.2, 0.25) is 0 Å². The van der Waals surface area contributed by atoms with E-state index in [-0.39, 0.29) is 18.5 Å². The molecule has 6 N–H and O–H groups in total. The molecule has 1 aliphatic rings. The smallest absolute Gasteiger partial charge is 0.305 e. The summed E-state index contributed by atoms with van der Waals surface area (Å²) in [7, 11) is 0. The van der Waals surface area contributed by atoms with Gasteiger partial charge in [0.2, 0.25) is 5.91 Å². The van der Waals surface area contributed by atoms with Crippen LogP contribution in [0.25, 0.3) is 0 Å². The summed E-state index contributed by atoms with van der Waals surface area (Å²) >= 11 is 0. The van der Waals surface area contributed by atoms with Crippen LogP contribution < -0.4 is 5.32 Å². The molecule has 0 aliphatic carbocycles. The molecule has 0 saturated carbocycles. The molecule has 7 atom stereocenters. The monoisotopic (exact) mass is 1000 g/mol. The Hall–Kier alpha value is -2.90. The minimum Gasteiger partial charge on any atom is -0.466 e. The Morgan fingerprint density at radius 2 is 0.958 bits per heavy atom. The lowest BCUT2D eigenvalue weighted by atomic mass is 9.99. The van der Waals surface area contributed by atoms with E-state index in [2.05, 4.69) is 79.9 Å². The lowest BCUT2D eigenvalue weighted by Gasteiger charge is -2.40. The molecule has 1 rings (SSSR count). The van der Waals surface area contributed by atoms with Crippen molar-refractivity contribution in [2.45, 2.75) is 275 Å². The Labute approximate surface area is 432 Å². The van der Waals surface area contributed by atoms with Crippen molar-refractivity contribution in [1.29, 1.82) is 0 Å². The van der Waals surface area contributed by atoms with Gasteiger partial charge in [0.25, 0.3) is 0 Å². The third kappa shape index (κ3) is 39.3. The van der Waals surface area contributed by atoms with Gasteiger partial charge in [0.15, 0.2) is 6.29 Å². The van der Waals surface area contributed by atoms with Gasteiger partial charge in [-0.05, 0) is 116 Å². The summed E-state index contributed by atoms with van der Waals surface area (Å²) in [5.41, 5.74) is 0. The van der Waals surface area contributed by atoms with E-state index in [0.29, 0.717) is 19.4 Å². The molecule has 1 amide bonds. The van der Waals surface area contributed by atoms with E-state index >= 15 is 0 Å². The number of carbonyl (C=O) groups is 2. The number of amides is 1. The first-order valence-corrected chi connectivity index (χ1v) is 28.7. The average Bonchev–Trinajstić information content (AvgIpc) is 3.37. The van der Waals surface area contributed by atoms with Crippen molar-refractivity contribution in [3.8, 4) is 0 Å². The first-order chi connectivity index (χ1) is 34.7. The molecule has 0 bridgehead atoms. The Balaban J connectivity index is 2.08. The molecule has 0 aromatic rings. The number of hydrogen-bond donors (Lipinski definition) is 6. The van der Waals surface area contributed by atoms with Gasteiger partial charge in [-0.3, -0.25) is 9.59 Å². The van der Waals surface area contributed by atoms with Gasteiger partial charge in [-0.15, -0.1) is 0 Å². The van der Waals surface area contributed by atoms with E-state index in [1.54, 1.807) is 6.08 Å². The molecule has 0 aromatic carbocycles. The lowest BCUT2D eigenvalue weighted by Crippen LogP contribution is -2.60. The van der Waals surface area contributed by atoms with Gasteiger partial charge in [-0.25, -0.2) is 0 Å². The molecule has 11 nitrogen and oxygen atoms in total. The van der Waals surface area contributed by atoms with Crippen LogP contribution in [-0.4, -0.2) is 100 Å². The number of carbonyl (C=O) groups excluding carboxylic acids is 2. The number of unbranched alkanes of at least 4 members (excludes halogenated alkanes) is 24. The summed E-state index contributed by atoms with van der Waals surface area (Å²) in [5.74, 6) is -0.255. The molecular weight excluding hydrogens is 895 g/mol. The van der Waals surface area contributed by atoms with Crippen LogP contribution in [0.3, 0.4) is 0 Å². The summed E-state index contributed by atoms with van der Waals surface area (Å²) in [4.78, 5) is 25.0. The van der Waals surface area contributed by atoms with E-state index in [9.17, 15) is 35.1 Å². The van der Waals surface area contributed by atoms with Gasteiger partial charge in [0.05, 0.1) is 32.0 Å². The van der Waals surface area contributed by atoms with Gasteiger partial charge in [-0.1, -0.05) is 177 Å². The maximum Gasteiger partial charge on any atom is 0.305 e. The topological polar surface area (TPSA) is 175 Å². The van der Waals surface area contributed by atoms with Crippen molar-refractivity contribution in [2.75, 3.05) is 19.8 Å². The molecule has 1 aliphatic heterocycles. The molecule has 7 unspecified atom stereocenters. The van der Waals surface area contributed by atoms with Crippen molar-refractivity contribution in [1.82, 2.24) is 5.32 Å². The highest BCUT2D eigenvalue weighted by molar-refractivity contribution is 5.76. The first kappa shape index (κ1) is 66.1. The van der Waals surface area contributed by atoms with Gasteiger partial charge < -0.3 is 45.1 Å². The van der Waals surface area contributed by atoms with E-state index < -0.39 is 49.5 Å². The van der Waals surface area contributed by atoms with Crippen molar-refractivity contribution >= 4 is 11.9 Å². The van der Waals surface area contributed by atoms with Crippen LogP contribution in [0, 0.1) is 0 Å². The van der Waals surface area contributed by atoms with Gasteiger partial charge >= 0.3 is 5.97 Å². The molecule has 11 heteroatoms. The number of aliphatic hydroxyl groups excluding tert-OH is 5. The molecule has 1 saturated heterocycles. The predicted octanol–water partition coefficient (Wildman–Crippen LogP) is 12.8. The number of esters is 1. The van der Waals surface area contributed by atoms with Crippen LogP contribution in [0.1, 0.15) is 232 Å². The Bertz CT molecular complexity index is 1410. The van der Waals surface area contributed by atoms with Crippen molar-refractivity contribution < 1.29 is 49.3 Å². The second-order valence-electron chi connectivity index (χ2n) is 19.6. The number of aliphatic hydroxyl groups is 5. The van der Waals surface area contributed by atoms with Crippen molar-refractivity contribution in [3.05, 3.63) is 72.9 Å². The first-order valence-electron chi connectivity index (χ1n) is 28.7. The highest BCUT2D eigenvalue weighted by Crippen LogP contribution is 2.23. The molecule has 71 heavy (non-hydrogen) atoms. The SMILES string of the molecule is CCCCC/C=C\C/C=C\CCCCCCCCCC(=O)OCCCCC/C=C\C/C=C\CCCCCCCCCC(=O)NC(COC1OC(CO)C(O)C(O)C1O)C(O)/C=C/CC/C=C/CCCCC. The zero-order valence-electron chi connectivity index (χ0n) is 44.9. The molecule has 1 heterocycles. The zero-order chi connectivity index (χ0) is 51.7. The van der Waals surface area contributed by atoms with Crippen LogP contribution in [-0.2, 0) is 23.8 Å². The second-order valence-corrected chi connectivity index (χ2v) is 19.6. The van der Waals surface area contributed by atoms with E-state index in [4.69, 9.17) is 14.2 Å². The number of rotatable bonds is 48. The third-order valence-corrected chi connectivity index (χ3v) is 13.0. The minimum atomic E-state index is -1.58. The predicted molar refractivity (Wildman–Crippen MR) is 292 cm³/mol. The van der Waals surface area contributed by atoms with Crippen molar-refractivity contribution in [3.63, 3.8) is 0 Å². The highest BCUT2D eigenvalue weighted by Gasteiger charge is 2.44. The van der Waals surface area contributed by atoms with Crippen LogP contribution in [0.4, 0.5) is 0 Å². The molecule has 410 valence electrons. The maximum absolute atomic E-state index is 13.0. The van der Waals surface area contributed by atoms with Gasteiger partial charge in [0.1, 0.15) is 24.4 Å². The van der Waals surface area contributed by atoms with Crippen LogP contribution >= 0.6 is 0 Å². The standard InChI is InChI=1S/C60H105NO10/c1-3-5-7-9-11-13-14-15-16-18-22-25-28-32-36-40-44-48-56(65)69-49-45-41-37-33-29-26-23-20-17-19-21-24-27-31-35-39-43-47-55(64)61-52(53(63)46-42-38-34-30-12-10-8-6-4-2)51-70-60-59(68)58(67)57(66)54(50-62)71-60/h11-13,15-17,20,26,29-30,42,46,52-54,57-60,62-63,66-68H,3-10,14,18-19,21-25,27-28,31-41,43-45,47-51H2,1-2H3,(H,61,64)/b13-11-,16-15-,20-17-,29-26-,30-12+,46-42+. The summed E-state index contributed by atoms with van der Waals surface area (Å²) in [6, 6.07) is -0.840. The van der Waals surface area contributed by atoms with Crippen LogP contribution in [0.15, 0.2) is 72.9 Å². The second kappa shape index (κ2) is 49.3. The Morgan fingerprint density at radius 3 is 1.48 bits per heavy atom. The molecule has 0 aromatic heterocycles. The lowest BCUT2D eigenvalue weighted by molar-refractivity contribution is -0.302. The fourth-order valence-electron chi connectivity index (χ4n) is 8.39. The summed E-state index contributed by atoms with van der Waals surface area (Å²) < 4.78 is 16.6. The number of nitrogens with one attached hydrogen (secondary N) is 1. The normalized spacial score (nSPS) is 19.7. The van der Waals surface area contributed by atoms with E-state index in [0.717, 1.165) is 103 Å². The van der Waals surface area contributed by atoms with Crippen LogP contribution in [0.5, 0.6) is 0 Å². The summed E-state index contributed by atoms with van der Waals surface area (Å²) in [5, 5.41) is 54.1.